The van der Waals surface area contributed by atoms with Gasteiger partial charge in [0.25, 0.3) is 0 Å². The highest BCUT2D eigenvalue weighted by molar-refractivity contribution is 6.30. The van der Waals surface area contributed by atoms with E-state index in [9.17, 15) is 4.79 Å². The maximum absolute atomic E-state index is 12.6. The van der Waals surface area contributed by atoms with Crippen LogP contribution < -0.4 is 5.32 Å². The van der Waals surface area contributed by atoms with Crippen LogP contribution in [0.1, 0.15) is 28.6 Å². The van der Waals surface area contributed by atoms with E-state index in [1.807, 2.05) is 73.3 Å². The molecule has 0 aliphatic heterocycles. The van der Waals surface area contributed by atoms with Crippen molar-refractivity contribution in [2.45, 2.75) is 19.4 Å². The van der Waals surface area contributed by atoms with Crippen LogP contribution in [0.2, 0.25) is 5.02 Å². The van der Waals surface area contributed by atoms with Crippen LogP contribution in [0.25, 0.3) is 0 Å². The summed E-state index contributed by atoms with van der Waals surface area (Å²) >= 11 is 5.99. The molecule has 128 valence electrons. The average molecular weight is 354 g/mol. The summed E-state index contributed by atoms with van der Waals surface area (Å²) in [5.41, 5.74) is 3.07. The largest absolute Gasteiger partial charge is 0.342 e. The summed E-state index contributed by atoms with van der Waals surface area (Å²) in [4.78, 5) is 17.1. The molecule has 0 aliphatic rings. The number of carbonyl (C=O) groups is 1. The van der Waals surface area contributed by atoms with Crippen LogP contribution in [0.15, 0.2) is 60.9 Å². The SMILES string of the molecule is Cc1ccccc1CC(=O)N[C@H](c1ccc(Cl)cc1)c1nccn1C. The molecule has 0 saturated carbocycles. The Labute approximate surface area is 152 Å². The van der Waals surface area contributed by atoms with Gasteiger partial charge < -0.3 is 9.88 Å². The number of nitrogens with one attached hydrogen (secondary N) is 1. The first-order valence-electron chi connectivity index (χ1n) is 8.11. The number of aryl methyl sites for hydroxylation is 2. The first-order valence-corrected chi connectivity index (χ1v) is 8.49. The standard InChI is InChI=1S/C20H20ClN3O/c1-14-5-3-4-6-16(14)13-18(25)23-19(20-22-11-12-24(20)2)15-7-9-17(21)10-8-15/h3-12,19H,13H2,1-2H3,(H,23,25)/t19-/m1/s1. The number of aromatic nitrogens is 2. The fourth-order valence-electron chi connectivity index (χ4n) is 2.80. The van der Waals surface area contributed by atoms with Crippen LogP contribution in [0, 0.1) is 6.92 Å². The van der Waals surface area contributed by atoms with E-state index in [-0.39, 0.29) is 11.9 Å². The molecular weight excluding hydrogens is 334 g/mol. The van der Waals surface area contributed by atoms with Crippen molar-refractivity contribution in [3.8, 4) is 0 Å². The van der Waals surface area contributed by atoms with E-state index in [0.29, 0.717) is 11.4 Å². The Bertz CT molecular complexity index is 871. The zero-order valence-electron chi connectivity index (χ0n) is 14.2. The van der Waals surface area contributed by atoms with E-state index in [4.69, 9.17) is 11.6 Å². The van der Waals surface area contributed by atoms with Gasteiger partial charge in [-0.05, 0) is 35.7 Å². The molecule has 0 unspecified atom stereocenters. The highest BCUT2D eigenvalue weighted by atomic mass is 35.5. The first-order chi connectivity index (χ1) is 12.0. The molecule has 0 fully saturated rings. The van der Waals surface area contributed by atoms with Gasteiger partial charge in [-0.2, -0.15) is 0 Å². The Hall–Kier alpha value is -2.59. The van der Waals surface area contributed by atoms with Crippen LogP contribution in [0.5, 0.6) is 0 Å². The van der Waals surface area contributed by atoms with Crippen LogP contribution in [-0.2, 0) is 18.3 Å². The third-order valence-electron chi connectivity index (χ3n) is 4.24. The second kappa shape index (κ2) is 7.53. The molecule has 1 amide bonds. The van der Waals surface area contributed by atoms with Gasteiger partial charge in [0.05, 0.1) is 6.42 Å². The van der Waals surface area contributed by atoms with E-state index < -0.39 is 0 Å². The summed E-state index contributed by atoms with van der Waals surface area (Å²) < 4.78 is 1.91. The number of amides is 1. The Kier molecular flexibility index (Phi) is 5.19. The number of nitrogens with zero attached hydrogens (tertiary/aromatic N) is 2. The van der Waals surface area contributed by atoms with Crippen LogP contribution >= 0.6 is 11.6 Å². The number of hydrogen-bond donors (Lipinski definition) is 1. The predicted octanol–water partition coefficient (Wildman–Crippen LogP) is 3.83. The number of benzene rings is 2. The number of hydrogen-bond acceptors (Lipinski definition) is 2. The summed E-state index contributed by atoms with van der Waals surface area (Å²) in [6.07, 6.45) is 3.93. The first kappa shape index (κ1) is 17.2. The Morgan fingerprint density at radius 3 is 2.56 bits per heavy atom. The van der Waals surface area contributed by atoms with Crippen molar-refractivity contribution in [3.05, 3.63) is 88.5 Å². The molecule has 5 heteroatoms. The molecule has 3 aromatic rings. The highest BCUT2D eigenvalue weighted by Crippen LogP contribution is 2.22. The lowest BCUT2D eigenvalue weighted by atomic mass is 10.0. The van der Waals surface area contributed by atoms with Crippen molar-refractivity contribution in [3.63, 3.8) is 0 Å². The molecule has 2 aromatic carbocycles. The Balaban J connectivity index is 1.85. The van der Waals surface area contributed by atoms with Gasteiger partial charge in [-0.15, -0.1) is 0 Å². The lowest BCUT2D eigenvalue weighted by molar-refractivity contribution is -0.121. The minimum Gasteiger partial charge on any atom is -0.342 e. The summed E-state index contributed by atoms with van der Waals surface area (Å²) in [6.45, 7) is 2.01. The fourth-order valence-corrected chi connectivity index (χ4v) is 2.93. The summed E-state index contributed by atoms with van der Waals surface area (Å²) in [5, 5.41) is 3.77. The van der Waals surface area contributed by atoms with Crippen LogP contribution in [0.3, 0.4) is 0 Å². The van der Waals surface area contributed by atoms with E-state index in [1.54, 1.807) is 6.20 Å². The van der Waals surface area contributed by atoms with E-state index in [0.717, 1.165) is 22.5 Å². The molecule has 4 nitrogen and oxygen atoms in total. The van der Waals surface area contributed by atoms with Gasteiger partial charge in [-0.1, -0.05) is 48.0 Å². The van der Waals surface area contributed by atoms with Crippen LogP contribution in [0.4, 0.5) is 0 Å². The second-order valence-corrected chi connectivity index (χ2v) is 6.49. The monoisotopic (exact) mass is 353 g/mol. The number of carbonyl (C=O) groups excluding carboxylic acids is 1. The third kappa shape index (κ3) is 4.09. The third-order valence-corrected chi connectivity index (χ3v) is 4.49. The van der Waals surface area contributed by atoms with Crippen molar-refractivity contribution in [2.24, 2.45) is 7.05 Å². The van der Waals surface area contributed by atoms with Gasteiger partial charge in [0, 0.05) is 24.5 Å². The van der Waals surface area contributed by atoms with E-state index in [2.05, 4.69) is 10.3 Å². The zero-order chi connectivity index (χ0) is 17.8. The van der Waals surface area contributed by atoms with Gasteiger partial charge in [0.1, 0.15) is 11.9 Å². The smallest absolute Gasteiger partial charge is 0.225 e. The minimum absolute atomic E-state index is 0.0442. The van der Waals surface area contributed by atoms with Gasteiger partial charge >= 0.3 is 0 Å². The van der Waals surface area contributed by atoms with Crippen molar-refractivity contribution in [1.29, 1.82) is 0 Å². The fraction of sp³-hybridized carbons (Fsp3) is 0.200. The van der Waals surface area contributed by atoms with Gasteiger partial charge in [-0.3, -0.25) is 4.79 Å². The maximum Gasteiger partial charge on any atom is 0.225 e. The molecule has 0 saturated heterocycles. The molecule has 0 spiro atoms. The van der Waals surface area contributed by atoms with Gasteiger partial charge in [0.2, 0.25) is 5.91 Å². The lowest BCUT2D eigenvalue weighted by Gasteiger charge is -2.19. The molecular formula is C20H20ClN3O. The topological polar surface area (TPSA) is 46.9 Å². The Morgan fingerprint density at radius 2 is 1.92 bits per heavy atom. The molecule has 0 bridgehead atoms. The van der Waals surface area contributed by atoms with E-state index >= 15 is 0 Å². The van der Waals surface area contributed by atoms with Crippen molar-refractivity contribution in [1.82, 2.24) is 14.9 Å². The number of imidazole rings is 1. The molecule has 1 atom stereocenters. The normalized spacial score (nSPS) is 12.0. The van der Waals surface area contributed by atoms with Crippen molar-refractivity contribution < 1.29 is 4.79 Å². The minimum atomic E-state index is -0.325. The molecule has 3 rings (SSSR count). The molecule has 1 heterocycles. The molecule has 1 N–H and O–H groups in total. The zero-order valence-corrected chi connectivity index (χ0v) is 15.0. The molecule has 0 radical (unpaired) electrons. The van der Waals surface area contributed by atoms with E-state index in [1.165, 1.54) is 0 Å². The maximum atomic E-state index is 12.6. The summed E-state index contributed by atoms with van der Waals surface area (Å²) in [7, 11) is 1.92. The Morgan fingerprint density at radius 1 is 1.20 bits per heavy atom. The number of rotatable bonds is 5. The lowest BCUT2D eigenvalue weighted by Crippen LogP contribution is -2.32. The summed E-state index contributed by atoms with van der Waals surface area (Å²) in [5.74, 6) is 0.734. The van der Waals surface area contributed by atoms with Crippen molar-refractivity contribution >= 4 is 17.5 Å². The quantitative estimate of drug-likeness (QED) is 0.757. The summed E-state index contributed by atoms with van der Waals surface area (Å²) in [6, 6.07) is 15.1. The molecule has 0 aliphatic carbocycles. The highest BCUT2D eigenvalue weighted by Gasteiger charge is 2.21. The number of halogens is 1. The molecule has 1 aromatic heterocycles. The van der Waals surface area contributed by atoms with Crippen molar-refractivity contribution in [2.75, 3.05) is 0 Å². The van der Waals surface area contributed by atoms with Gasteiger partial charge in [0.15, 0.2) is 0 Å². The second-order valence-electron chi connectivity index (χ2n) is 6.05. The predicted molar refractivity (Wildman–Crippen MR) is 99.5 cm³/mol. The van der Waals surface area contributed by atoms with Crippen LogP contribution in [-0.4, -0.2) is 15.5 Å². The van der Waals surface area contributed by atoms with Gasteiger partial charge in [-0.25, -0.2) is 4.98 Å². The average Bonchev–Trinajstić information content (AvgIpc) is 3.01. The molecule has 25 heavy (non-hydrogen) atoms.